The third-order valence-electron chi connectivity index (χ3n) is 4.63. The maximum Gasteiger partial charge on any atom is 0.318 e. The fraction of sp³-hybridized carbons (Fsp3) is 0.625. The van der Waals surface area contributed by atoms with Gasteiger partial charge in [0.15, 0.2) is 0 Å². The van der Waals surface area contributed by atoms with Gasteiger partial charge in [-0.25, -0.2) is 14.8 Å². The lowest BCUT2D eigenvalue weighted by atomic mass is 10.2. The number of aryl methyl sites for hydroxylation is 1. The van der Waals surface area contributed by atoms with Crippen LogP contribution >= 0.6 is 0 Å². The van der Waals surface area contributed by atoms with Crippen LogP contribution in [0.1, 0.15) is 19.2 Å². The van der Waals surface area contributed by atoms with Crippen molar-refractivity contribution in [2.75, 3.05) is 44.2 Å². The molecule has 2 fully saturated rings. The van der Waals surface area contributed by atoms with Gasteiger partial charge in [-0.3, -0.25) is 4.79 Å². The number of aromatic nitrogens is 2. The number of carbonyl (C=O) groups is 2. The molecule has 130 valence electrons. The second kappa shape index (κ2) is 7.02. The molecule has 1 aromatic heterocycles. The minimum Gasteiger partial charge on any atom is -0.353 e. The van der Waals surface area contributed by atoms with Crippen LogP contribution in [-0.2, 0) is 4.79 Å². The molecule has 0 aliphatic carbocycles. The molecule has 0 bridgehead atoms. The molecule has 1 N–H and O–H groups in total. The second-order valence-electron chi connectivity index (χ2n) is 6.14. The fourth-order valence-electron chi connectivity index (χ4n) is 3.19. The lowest BCUT2D eigenvalue weighted by Gasteiger charge is -2.35. The molecule has 24 heavy (non-hydrogen) atoms. The zero-order valence-electron chi connectivity index (χ0n) is 14.2. The summed E-state index contributed by atoms with van der Waals surface area (Å²) in [6, 6.07) is 1.36. The van der Waals surface area contributed by atoms with Crippen LogP contribution in [0.15, 0.2) is 12.3 Å². The molecular formula is C16H24N6O2. The Hall–Kier alpha value is -2.38. The van der Waals surface area contributed by atoms with E-state index >= 15 is 0 Å². The molecule has 2 aliphatic heterocycles. The molecule has 0 saturated carbocycles. The van der Waals surface area contributed by atoms with Gasteiger partial charge in [0, 0.05) is 45.5 Å². The van der Waals surface area contributed by atoms with Crippen LogP contribution in [0.25, 0.3) is 0 Å². The number of urea groups is 1. The number of anilines is 1. The van der Waals surface area contributed by atoms with Crippen molar-refractivity contribution < 1.29 is 9.59 Å². The summed E-state index contributed by atoms with van der Waals surface area (Å²) in [5, 5.41) is 2.88. The predicted molar refractivity (Wildman–Crippen MR) is 89.7 cm³/mol. The van der Waals surface area contributed by atoms with E-state index in [1.54, 1.807) is 16.0 Å². The molecule has 8 nitrogen and oxygen atoms in total. The molecule has 3 rings (SSSR count). The molecule has 0 aromatic carbocycles. The lowest BCUT2D eigenvalue weighted by molar-refractivity contribution is -0.129. The first-order chi connectivity index (χ1) is 11.6. The molecule has 0 spiro atoms. The number of piperazine rings is 1. The minimum absolute atomic E-state index is 0.0287. The van der Waals surface area contributed by atoms with Gasteiger partial charge in [0.25, 0.3) is 0 Å². The number of hydrogen-bond donors (Lipinski definition) is 1. The molecule has 0 radical (unpaired) electrons. The van der Waals surface area contributed by atoms with Crippen LogP contribution in [0, 0.1) is 6.92 Å². The molecule has 2 aliphatic rings. The van der Waals surface area contributed by atoms with E-state index in [2.05, 4.69) is 20.2 Å². The molecule has 3 heterocycles. The van der Waals surface area contributed by atoms with Gasteiger partial charge in [-0.2, -0.15) is 0 Å². The second-order valence-corrected chi connectivity index (χ2v) is 6.14. The monoisotopic (exact) mass is 332 g/mol. The quantitative estimate of drug-likeness (QED) is 0.857. The maximum atomic E-state index is 12.4. The Morgan fingerprint density at radius 1 is 1.29 bits per heavy atom. The molecule has 8 heteroatoms. The highest BCUT2D eigenvalue weighted by atomic mass is 16.2. The van der Waals surface area contributed by atoms with Crippen LogP contribution in [0.4, 0.5) is 10.6 Å². The number of nitrogens with one attached hydrogen (secondary N) is 1. The maximum absolute atomic E-state index is 12.4. The first kappa shape index (κ1) is 16.5. The Morgan fingerprint density at radius 2 is 2.04 bits per heavy atom. The van der Waals surface area contributed by atoms with E-state index in [9.17, 15) is 9.59 Å². The standard InChI is InChI=1S/C16H24N6O2/c1-3-20-7-5-13(15(20)23)19-16(24)22-10-8-21(9-11-22)14-4-6-17-12(2)18-14/h4,6,13H,3,5,7-11H2,1-2H3,(H,19,24). The lowest BCUT2D eigenvalue weighted by Crippen LogP contribution is -2.54. The van der Waals surface area contributed by atoms with Crippen molar-refractivity contribution in [1.82, 2.24) is 25.1 Å². The van der Waals surface area contributed by atoms with Crippen LogP contribution in [0.2, 0.25) is 0 Å². The van der Waals surface area contributed by atoms with Gasteiger partial charge in [0.2, 0.25) is 5.91 Å². The largest absolute Gasteiger partial charge is 0.353 e. The third kappa shape index (κ3) is 3.42. The molecular weight excluding hydrogens is 308 g/mol. The molecule has 1 unspecified atom stereocenters. The summed E-state index contributed by atoms with van der Waals surface area (Å²) in [5.74, 6) is 1.67. The third-order valence-corrected chi connectivity index (χ3v) is 4.63. The Kier molecular flexibility index (Phi) is 4.82. The van der Waals surface area contributed by atoms with E-state index in [1.807, 2.05) is 19.9 Å². The molecule has 1 atom stereocenters. The summed E-state index contributed by atoms with van der Waals surface area (Å²) in [7, 11) is 0. The van der Waals surface area contributed by atoms with Gasteiger partial charge in [0.1, 0.15) is 17.7 Å². The average molecular weight is 332 g/mol. The van der Waals surface area contributed by atoms with E-state index in [0.29, 0.717) is 26.1 Å². The Balaban J connectivity index is 1.51. The summed E-state index contributed by atoms with van der Waals surface area (Å²) < 4.78 is 0. The van der Waals surface area contributed by atoms with E-state index in [-0.39, 0.29) is 18.0 Å². The Morgan fingerprint density at radius 3 is 2.67 bits per heavy atom. The topological polar surface area (TPSA) is 81.7 Å². The zero-order valence-corrected chi connectivity index (χ0v) is 14.2. The van der Waals surface area contributed by atoms with Crippen molar-refractivity contribution in [3.05, 3.63) is 18.1 Å². The SMILES string of the molecule is CCN1CCC(NC(=O)N2CCN(c3ccnc(C)n3)CC2)C1=O. The smallest absolute Gasteiger partial charge is 0.318 e. The van der Waals surface area contributed by atoms with Gasteiger partial charge in [0.05, 0.1) is 0 Å². The number of amides is 3. The number of likely N-dealkylation sites (tertiary alicyclic amines) is 1. The van der Waals surface area contributed by atoms with Crippen LogP contribution in [0.3, 0.4) is 0 Å². The zero-order chi connectivity index (χ0) is 17.1. The highest BCUT2D eigenvalue weighted by Gasteiger charge is 2.33. The first-order valence-electron chi connectivity index (χ1n) is 8.47. The summed E-state index contributed by atoms with van der Waals surface area (Å²) in [5.41, 5.74) is 0. The van der Waals surface area contributed by atoms with Gasteiger partial charge in [-0.15, -0.1) is 0 Å². The van der Waals surface area contributed by atoms with Crippen LogP contribution < -0.4 is 10.2 Å². The van der Waals surface area contributed by atoms with Crippen molar-refractivity contribution >= 4 is 17.8 Å². The molecule has 1 aromatic rings. The molecule has 3 amide bonds. The number of rotatable bonds is 3. The summed E-state index contributed by atoms with van der Waals surface area (Å²) >= 11 is 0. The van der Waals surface area contributed by atoms with Crippen molar-refractivity contribution in [3.8, 4) is 0 Å². The Labute approximate surface area is 141 Å². The van der Waals surface area contributed by atoms with Crippen LogP contribution in [-0.4, -0.2) is 77.0 Å². The summed E-state index contributed by atoms with van der Waals surface area (Å²) in [4.78, 5) is 38.7. The first-order valence-corrected chi connectivity index (χ1v) is 8.47. The number of likely N-dealkylation sites (N-methyl/N-ethyl adjacent to an activating group) is 1. The highest BCUT2D eigenvalue weighted by Crippen LogP contribution is 2.14. The Bertz CT molecular complexity index is 614. The summed E-state index contributed by atoms with van der Waals surface area (Å²) in [6.07, 6.45) is 2.44. The number of hydrogen-bond acceptors (Lipinski definition) is 5. The predicted octanol–water partition coefficient (Wildman–Crippen LogP) is 0.237. The van der Waals surface area contributed by atoms with Gasteiger partial charge >= 0.3 is 6.03 Å². The van der Waals surface area contributed by atoms with E-state index < -0.39 is 0 Å². The van der Waals surface area contributed by atoms with Crippen molar-refractivity contribution in [1.29, 1.82) is 0 Å². The fourth-order valence-corrected chi connectivity index (χ4v) is 3.19. The number of carbonyl (C=O) groups excluding carboxylic acids is 2. The van der Waals surface area contributed by atoms with Crippen LogP contribution in [0.5, 0.6) is 0 Å². The van der Waals surface area contributed by atoms with Gasteiger partial charge in [-0.1, -0.05) is 0 Å². The van der Waals surface area contributed by atoms with E-state index in [0.717, 1.165) is 31.3 Å². The highest BCUT2D eigenvalue weighted by molar-refractivity contribution is 5.88. The van der Waals surface area contributed by atoms with Gasteiger partial charge in [-0.05, 0) is 26.3 Å². The van der Waals surface area contributed by atoms with E-state index in [4.69, 9.17) is 0 Å². The number of nitrogens with zero attached hydrogens (tertiary/aromatic N) is 5. The van der Waals surface area contributed by atoms with Crippen molar-refractivity contribution in [3.63, 3.8) is 0 Å². The molecule has 2 saturated heterocycles. The minimum atomic E-state index is -0.375. The normalized spacial score (nSPS) is 21.3. The van der Waals surface area contributed by atoms with Gasteiger partial charge < -0.3 is 20.0 Å². The average Bonchev–Trinajstić information content (AvgIpc) is 2.95. The van der Waals surface area contributed by atoms with Crippen molar-refractivity contribution in [2.24, 2.45) is 0 Å². The summed E-state index contributed by atoms with van der Waals surface area (Å²) in [6.45, 7) is 7.93. The van der Waals surface area contributed by atoms with E-state index in [1.165, 1.54) is 0 Å². The van der Waals surface area contributed by atoms with Crippen molar-refractivity contribution in [2.45, 2.75) is 26.3 Å².